The fourth-order valence-corrected chi connectivity index (χ4v) is 5.07. The lowest BCUT2D eigenvalue weighted by Gasteiger charge is -2.20. The predicted molar refractivity (Wildman–Crippen MR) is 106 cm³/mol. The van der Waals surface area contributed by atoms with Gasteiger partial charge >= 0.3 is 0 Å². The highest BCUT2D eigenvalue weighted by molar-refractivity contribution is 7.90. The molecule has 1 aliphatic heterocycles. The van der Waals surface area contributed by atoms with E-state index in [1.807, 2.05) is 27.7 Å². The van der Waals surface area contributed by atoms with E-state index in [1.54, 1.807) is 12.1 Å². The normalized spacial score (nSPS) is 16.0. The number of nitrogens with zero attached hydrogens (tertiary/aromatic N) is 1. The maximum atomic E-state index is 12.5. The van der Waals surface area contributed by atoms with Crippen molar-refractivity contribution in [2.24, 2.45) is 0 Å². The molecule has 28 heavy (non-hydrogen) atoms. The molecule has 2 aromatic rings. The molecule has 0 aromatic heterocycles. The second-order valence-electron chi connectivity index (χ2n) is 7.21. The summed E-state index contributed by atoms with van der Waals surface area (Å²) in [6.07, 6.45) is -0.0901. The van der Waals surface area contributed by atoms with Crippen LogP contribution in [0, 0.1) is 20.8 Å². The number of fused-ring (bicyclic) bond motifs is 1. The third-order valence-electron chi connectivity index (χ3n) is 5.18. The molecule has 0 saturated carbocycles. The first kappa shape index (κ1) is 20.1. The molecule has 0 unspecified atom stereocenters. The minimum Gasteiger partial charge on any atom is -0.350 e. The summed E-state index contributed by atoms with van der Waals surface area (Å²) in [4.78, 5) is 24.8. The van der Waals surface area contributed by atoms with Gasteiger partial charge in [-0.05, 0) is 62.1 Å². The Kier molecular flexibility index (Phi) is 5.30. The molecule has 0 aliphatic carbocycles. The number of carbonyl (C=O) groups excluding carboxylic acids is 2. The van der Waals surface area contributed by atoms with Crippen molar-refractivity contribution in [3.05, 3.63) is 64.2 Å². The van der Waals surface area contributed by atoms with Crippen molar-refractivity contribution in [2.75, 3.05) is 6.54 Å². The lowest BCUT2D eigenvalue weighted by atomic mass is 9.96. The molecule has 7 heteroatoms. The van der Waals surface area contributed by atoms with Crippen molar-refractivity contribution in [3.63, 3.8) is 0 Å². The van der Waals surface area contributed by atoms with Gasteiger partial charge in [0.25, 0.3) is 15.9 Å². The Hall–Kier alpha value is -2.67. The Balaban J connectivity index is 1.67. The minimum absolute atomic E-state index is 0.000434. The molecule has 0 bridgehead atoms. The second kappa shape index (κ2) is 7.39. The van der Waals surface area contributed by atoms with Crippen LogP contribution in [-0.2, 0) is 14.8 Å². The van der Waals surface area contributed by atoms with E-state index in [1.165, 1.54) is 17.7 Å². The van der Waals surface area contributed by atoms with Crippen molar-refractivity contribution >= 4 is 21.8 Å². The van der Waals surface area contributed by atoms with Crippen LogP contribution in [0.3, 0.4) is 0 Å². The molecular weight excluding hydrogens is 376 g/mol. The van der Waals surface area contributed by atoms with Crippen LogP contribution in [0.5, 0.6) is 0 Å². The van der Waals surface area contributed by atoms with E-state index in [-0.39, 0.29) is 35.4 Å². The highest BCUT2D eigenvalue weighted by Gasteiger charge is 2.40. The van der Waals surface area contributed by atoms with Gasteiger partial charge in [0.15, 0.2) is 0 Å². The van der Waals surface area contributed by atoms with Gasteiger partial charge in [0.05, 0.1) is 11.6 Å². The van der Waals surface area contributed by atoms with Crippen LogP contribution in [0.25, 0.3) is 0 Å². The molecule has 1 aliphatic rings. The molecular formula is C21H24N2O4S. The van der Waals surface area contributed by atoms with Crippen LogP contribution in [-0.4, -0.2) is 31.1 Å². The van der Waals surface area contributed by atoms with Crippen LogP contribution in [0.15, 0.2) is 41.3 Å². The van der Waals surface area contributed by atoms with Gasteiger partial charge in [0.1, 0.15) is 4.90 Å². The number of hydrogen-bond acceptors (Lipinski definition) is 4. The topological polar surface area (TPSA) is 83.6 Å². The number of rotatable bonds is 5. The van der Waals surface area contributed by atoms with E-state index in [4.69, 9.17) is 0 Å². The molecule has 0 spiro atoms. The average Bonchev–Trinajstić information content (AvgIpc) is 2.83. The summed E-state index contributed by atoms with van der Waals surface area (Å²) >= 11 is 0. The van der Waals surface area contributed by atoms with Gasteiger partial charge in [-0.25, -0.2) is 12.7 Å². The lowest BCUT2D eigenvalue weighted by Crippen LogP contribution is -2.35. The Morgan fingerprint density at radius 1 is 1.07 bits per heavy atom. The van der Waals surface area contributed by atoms with Gasteiger partial charge in [-0.2, -0.15) is 0 Å². The van der Waals surface area contributed by atoms with E-state index >= 15 is 0 Å². The quantitative estimate of drug-likeness (QED) is 0.836. The molecule has 2 amide bonds. The first-order valence-corrected chi connectivity index (χ1v) is 10.6. The van der Waals surface area contributed by atoms with E-state index in [0.29, 0.717) is 0 Å². The van der Waals surface area contributed by atoms with Crippen molar-refractivity contribution in [1.29, 1.82) is 0 Å². The molecule has 1 N–H and O–H groups in total. The highest BCUT2D eigenvalue weighted by atomic mass is 32.2. The number of sulfonamides is 1. The number of carbonyl (C=O) groups is 2. The molecule has 0 fully saturated rings. The smallest absolute Gasteiger partial charge is 0.269 e. The Labute approximate surface area is 165 Å². The van der Waals surface area contributed by atoms with Crippen LogP contribution >= 0.6 is 0 Å². The third kappa shape index (κ3) is 3.54. The van der Waals surface area contributed by atoms with Crippen molar-refractivity contribution in [2.45, 2.75) is 45.1 Å². The standard InChI is InChI=1S/C21H24N2O4S/c1-13-11-15(3)18(12-14(13)2)16(4)22-20(24)9-10-23-21(25)17-7-5-6-8-19(17)28(23,26)27/h5-8,11-12,16H,9-10H2,1-4H3,(H,22,24)/t16-/m0/s1. The monoisotopic (exact) mass is 400 g/mol. The van der Waals surface area contributed by atoms with Gasteiger partial charge in [-0.15, -0.1) is 0 Å². The highest BCUT2D eigenvalue weighted by Crippen LogP contribution is 2.30. The summed E-state index contributed by atoms with van der Waals surface area (Å²) in [6.45, 7) is 7.77. The second-order valence-corrected chi connectivity index (χ2v) is 9.04. The first-order chi connectivity index (χ1) is 13.1. The maximum Gasteiger partial charge on any atom is 0.269 e. The van der Waals surface area contributed by atoms with Gasteiger partial charge in [-0.1, -0.05) is 24.3 Å². The van der Waals surface area contributed by atoms with Gasteiger partial charge in [0, 0.05) is 13.0 Å². The van der Waals surface area contributed by atoms with Crippen molar-refractivity contribution in [3.8, 4) is 0 Å². The van der Waals surface area contributed by atoms with Gasteiger partial charge in [-0.3, -0.25) is 9.59 Å². The fourth-order valence-electron chi connectivity index (χ4n) is 3.50. The van der Waals surface area contributed by atoms with Gasteiger partial charge < -0.3 is 5.32 Å². The lowest BCUT2D eigenvalue weighted by molar-refractivity contribution is -0.121. The first-order valence-electron chi connectivity index (χ1n) is 9.16. The summed E-state index contributed by atoms with van der Waals surface area (Å²) in [6, 6.07) is 10.0. The summed E-state index contributed by atoms with van der Waals surface area (Å²) in [5.41, 5.74) is 4.60. The van der Waals surface area contributed by atoms with E-state index in [9.17, 15) is 18.0 Å². The zero-order valence-electron chi connectivity index (χ0n) is 16.4. The van der Waals surface area contributed by atoms with Gasteiger partial charge in [0.2, 0.25) is 5.91 Å². The summed E-state index contributed by atoms with van der Waals surface area (Å²) in [7, 11) is -3.89. The molecule has 0 radical (unpaired) electrons. The molecule has 6 nitrogen and oxygen atoms in total. The maximum absolute atomic E-state index is 12.5. The molecule has 2 aromatic carbocycles. The van der Waals surface area contributed by atoms with Crippen LogP contribution in [0.1, 0.15) is 52.0 Å². The molecule has 1 atom stereocenters. The fraction of sp³-hybridized carbons (Fsp3) is 0.333. The number of aryl methyl sites for hydroxylation is 3. The largest absolute Gasteiger partial charge is 0.350 e. The van der Waals surface area contributed by atoms with Crippen LogP contribution < -0.4 is 5.32 Å². The van der Waals surface area contributed by atoms with Crippen LogP contribution in [0.4, 0.5) is 0 Å². The van der Waals surface area contributed by atoms with E-state index in [2.05, 4.69) is 17.4 Å². The predicted octanol–water partition coefficient (Wildman–Crippen LogP) is 3.02. The number of nitrogens with one attached hydrogen (secondary N) is 1. The van der Waals surface area contributed by atoms with E-state index in [0.717, 1.165) is 21.0 Å². The summed E-state index contributed by atoms with van der Waals surface area (Å²) in [5.74, 6) is -0.884. The Morgan fingerprint density at radius 3 is 2.39 bits per heavy atom. The summed E-state index contributed by atoms with van der Waals surface area (Å²) < 4.78 is 25.9. The molecule has 0 saturated heterocycles. The molecule has 3 rings (SSSR count). The number of benzene rings is 2. The summed E-state index contributed by atoms with van der Waals surface area (Å²) in [5, 5.41) is 2.90. The SMILES string of the molecule is Cc1cc(C)c([C@H](C)NC(=O)CCN2C(=O)c3ccccc3S2(=O)=O)cc1C. The number of amides is 2. The number of hydrogen-bond donors (Lipinski definition) is 1. The average molecular weight is 401 g/mol. The van der Waals surface area contributed by atoms with Crippen molar-refractivity contribution < 1.29 is 18.0 Å². The van der Waals surface area contributed by atoms with E-state index < -0.39 is 15.9 Å². The zero-order valence-corrected chi connectivity index (χ0v) is 17.3. The van der Waals surface area contributed by atoms with Crippen LogP contribution in [0.2, 0.25) is 0 Å². The Morgan fingerprint density at radius 2 is 1.71 bits per heavy atom. The van der Waals surface area contributed by atoms with Crippen molar-refractivity contribution in [1.82, 2.24) is 9.62 Å². The zero-order chi connectivity index (χ0) is 20.6. The minimum atomic E-state index is -3.89. The third-order valence-corrected chi connectivity index (χ3v) is 7.02. The Bertz CT molecular complexity index is 1060. The molecule has 148 valence electrons. The molecule has 1 heterocycles.